The number of H-pyrrole nitrogens is 1. The predicted octanol–water partition coefficient (Wildman–Crippen LogP) is 1.75. The first-order chi connectivity index (χ1) is 12.2. The molecule has 1 aliphatic rings. The van der Waals surface area contributed by atoms with Gasteiger partial charge in [0.2, 0.25) is 5.91 Å². The zero-order valence-corrected chi connectivity index (χ0v) is 14.6. The van der Waals surface area contributed by atoms with Crippen LogP contribution in [-0.2, 0) is 22.5 Å². The van der Waals surface area contributed by atoms with Gasteiger partial charge in [-0.1, -0.05) is 37.3 Å². The molecule has 2 N–H and O–H groups in total. The van der Waals surface area contributed by atoms with Crippen LogP contribution in [0, 0.1) is 0 Å². The van der Waals surface area contributed by atoms with Crippen LogP contribution in [0.5, 0.6) is 0 Å². The molecule has 134 valence electrons. The lowest BCUT2D eigenvalue weighted by atomic mass is 10.1. The summed E-state index contributed by atoms with van der Waals surface area (Å²) in [5, 5.41) is 9.82. The molecule has 3 rings (SSSR count). The van der Waals surface area contributed by atoms with E-state index < -0.39 is 0 Å². The number of hydrogen-bond donors (Lipinski definition) is 2. The number of ether oxygens (including phenoxy) is 1. The van der Waals surface area contributed by atoms with Crippen LogP contribution in [0.4, 0.5) is 0 Å². The second kappa shape index (κ2) is 8.78. The topological polar surface area (TPSA) is 70.2 Å². The SMILES string of the molecule is CC[C@H](NC(=O)Cc1ccn[nH]1)[C@H]1CN(Cc2ccccc2)CCO1. The van der Waals surface area contributed by atoms with E-state index in [0.717, 1.165) is 31.7 Å². The first-order valence-corrected chi connectivity index (χ1v) is 8.90. The van der Waals surface area contributed by atoms with E-state index in [1.54, 1.807) is 6.20 Å². The third kappa shape index (κ3) is 5.14. The number of nitrogens with zero attached hydrogens (tertiary/aromatic N) is 2. The Morgan fingerprint density at radius 2 is 2.24 bits per heavy atom. The van der Waals surface area contributed by atoms with Gasteiger partial charge in [-0.3, -0.25) is 14.8 Å². The Hall–Kier alpha value is -2.18. The first-order valence-electron chi connectivity index (χ1n) is 8.90. The normalized spacial score (nSPS) is 19.5. The van der Waals surface area contributed by atoms with Crippen LogP contribution < -0.4 is 5.32 Å². The highest BCUT2D eigenvalue weighted by atomic mass is 16.5. The molecule has 6 nitrogen and oxygen atoms in total. The molecule has 6 heteroatoms. The minimum atomic E-state index is -0.000108. The van der Waals surface area contributed by atoms with Crippen molar-refractivity contribution in [3.63, 3.8) is 0 Å². The number of morpholine rings is 1. The molecule has 2 atom stereocenters. The average molecular weight is 342 g/mol. The largest absolute Gasteiger partial charge is 0.373 e. The van der Waals surface area contributed by atoms with Gasteiger partial charge in [0.25, 0.3) is 0 Å². The third-order valence-corrected chi connectivity index (χ3v) is 4.57. The predicted molar refractivity (Wildman–Crippen MR) is 96.0 cm³/mol. The molecule has 1 fully saturated rings. The molecule has 1 saturated heterocycles. The van der Waals surface area contributed by atoms with Gasteiger partial charge in [-0.15, -0.1) is 0 Å². The molecule has 2 heterocycles. The van der Waals surface area contributed by atoms with Crippen molar-refractivity contribution >= 4 is 5.91 Å². The summed E-state index contributed by atoms with van der Waals surface area (Å²) >= 11 is 0. The van der Waals surface area contributed by atoms with Crippen molar-refractivity contribution in [2.45, 2.75) is 38.5 Å². The van der Waals surface area contributed by atoms with Crippen molar-refractivity contribution in [1.82, 2.24) is 20.4 Å². The Labute approximate surface area is 148 Å². The Balaban J connectivity index is 1.53. The van der Waals surface area contributed by atoms with Gasteiger partial charge in [-0.2, -0.15) is 5.10 Å². The zero-order chi connectivity index (χ0) is 17.5. The van der Waals surface area contributed by atoms with Crippen LogP contribution in [0.25, 0.3) is 0 Å². The molecule has 1 amide bonds. The van der Waals surface area contributed by atoms with E-state index in [4.69, 9.17) is 4.74 Å². The summed E-state index contributed by atoms with van der Waals surface area (Å²) in [7, 11) is 0. The highest BCUT2D eigenvalue weighted by molar-refractivity contribution is 5.78. The summed E-state index contributed by atoms with van der Waals surface area (Å²) in [6.07, 6.45) is 2.84. The molecule has 0 unspecified atom stereocenters. The van der Waals surface area contributed by atoms with Gasteiger partial charge in [0.05, 0.1) is 25.2 Å². The first kappa shape index (κ1) is 17.6. The average Bonchev–Trinajstić information content (AvgIpc) is 3.13. The molecule has 0 aliphatic carbocycles. The van der Waals surface area contributed by atoms with Crippen LogP contribution in [0.15, 0.2) is 42.6 Å². The fraction of sp³-hybridized carbons (Fsp3) is 0.474. The van der Waals surface area contributed by atoms with E-state index in [9.17, 15) is 4.79 Å². The zero-order valence-electron chi connectivity index (χ0n) is 14.6. The number of benzene rings is 1. The number of amides is 1. The highest BCUT2D eigenvalue weighted by Crippen LogP contribution is 2.14. The number of hydrogen-bond acceptors (Lipinski definition) is 4. The molecule has 1 aromatic heterocycles. The molecule has 0 saturated carbocycles. The summed E-state index contributed by atoms with van der Waals surface area (Å²) in [5.41, 5.74) is 2.13. The summed E-state index contributed by atoms with van der Waals surface area (Å²) in [5.74, 6) is -0.000108. The van der Waals surface area contributed by atoms with E-state index in [1.165, 1.54) is 5.56 Å². The number of carbonyl (C=O) groups is 1. The van der Waals surface area contributed by atoms with E-state index in [-0.39, 0.29) is 18.1 Å². The molecule has 0 bridgehead atoms. The number of carbonyl (C=O) groups excluding carboxylic acids is 1. The van der Waals surface area contributed by atoms with Gasteiger partial charge < -0.3 is 10.1 Å². The van der Waals surface area contributed by atoms with Gasteiger partial charge >= 0.3 is 0 Å². The van der Waals surface area contributed by atoms with E-state index in [0.29, 0.717) is 13.0 Å². The maximum absolute atomic E-state index is 12.3. The second-order valence-corrected chi connectivity index (χ2v) is 6.47. The summed E-state index contributed by atoms with van der Waals surface area (Å²) in [6.45, 7) is 5.45. The van der Waals surface area contributed by atoms with Gasteiger partial charge in [-0.05, 0) is 18.1 Å². The Kier molecular flexibility index (Phi) is 6.19. The molecular formula is C19H26N4O2. The van der Waals surface area contributed by atoms with Crippen molar-refractivity contribution in [1.29, 1.82) is 0 Å². The monoisotopic (exact) mass is 342 g/mol. The molecule has 2 aromatic rings. The van der Waals surface area contributed by atoms with Crippen molar-refractivity contribution < 1.29 is 9.53 Å². The van der Waals surface area contributed by atoms with Crippen LogP contribution in [0.3, 0.4) is 0 Å². The molecule has 1 aromatic carbocycles. The van der Waals surface area contributed by atoms with Gasteiger partial charge in [0.1, 0.15) is 0 Å². The lowest BCUT2D eigenvalue weighted by Crippen LogP contribution is -2.53. The van der Waals surface area contributed by atoms with Crippen molar-refractivity contribution in [2.75, 3.05) is 19.7 Å². The standard InChI is InChI=1S/C19H26N4O2/c1-2-17(21-19(24)12-16-8-9-20-22-16)18-14-23(10-11-25-18)13-15-6-4-3-5-7-15/h3-9,17-18H,2,10-14H2,1H3,(H,20,22)(H,21,24)/t17-,18+/m0/s1. The van der Waals surface area contributed by atoms with Crippen molar-refractivity contribution in [3.05, 3.63) is 53.9 Å². The maximum atomic E-state index is 12.3. The molecule has 25 heavy (non-hydrogen) atoms. The van der Waals surface area contributed by atoms with Crippen LogP contribution in [0.2, 0.25) is 0 Å². The summed E-state index contributed by atoms with van der Waals surface area (Å²) in [6, 6.07) is 12.3. The molecule has 0 spiro atoms. The number of aromatic nitrogens is 2. The minimum Gasteiger partial charge on any atom is -0.373 e. The fourth-order valence-electron chi connectivity index (χ4n) is 3.23. The Morgan fingerprint density at radius 3 is 2.96 bits per heavy atom. The number of nitrogens with one attached hydrogen (secondary N) is 2. The van der Waals surface area contributed by atoms with Gasteiger partial charge in [-0.25, -0.2) is 0 Å². The van der Waals surface area contributed by atoms with Crippen LogP contribution in [-0.4, -0.2) is 52.8 Å². The maximum Gasteiger partial charge on any atom is 0.226 e. The quantitative estimate of drug-likeness (QED) is 0.804. The lowest BCUT2D eigenvalue weighted by molar-refractivity contribution is -0.123. The Bertz CT molecular complexity index is 645. The van der Waals surface area contributed by atoms with E-state index in [1.807, 2.05) is 12.1 Å². The van der Waals surface area contributed by atoms with Crippen LogP contribution >= 0.6 is 0 Å². The van der Waals surface area contributed by atoms with Crippen molar-refractivity contribution in [2.24, 2.45) is 0 Å². The lowest BCUT2D eigenvalue weighted by Gasteiger charge is -2.37. The van der Waals surface area contributed by atoms with Gasteiger partial charge in [0, 0.05) is 31.5 Å². The molecule has 0 radical (unpaired) electrons. The van der Waals surface area contributed by atoms with Crippen LogP contribution in [0.1, 0.15) is 24.6 Å². The molecular weight excluding hydrogens is 316 g/mol. The van der Waals surface area contributed by atoms with Gasteiger partial charge in [0.15, 0.2) is 0 Å². The number of aromatic amines is 1. The minimum absolute atomic E-state index is 0.000108. The fourth-order valence-corrected chi connectivity index (χ4v) is 3.23. The Morgan fingerprint density at radius 1 is 1.40 bits per heavy atom. The highest BCUT2D eigenvalue weighted by Gasteiger charge is 2.28. The second-order valence-electron chi connectivity index (χ2n) is 6.47. The molecule has 1 aliphatic heterocycles. The van der Waals surface area contributed by atoms with E-state index >= 15 is 0 Å². The third-order valence-electron chi connectivity index (χ3n) is 4.57. The number of rotatable bonds is 7. The van der Waals surface area contributed by atoms with E-state index in [2.05, 4.69) is 51.6 Å². The summed E-state index contributed by atoms with van der Waals surface area (Å²) < 4.78 is 5.96. The van der Waals surface area contributed by atoms with Crippen molar-refractivity contribution in [3.8, 4) is 0 Å². The summed E-state index contributed by atoms with van der Waals surface area (Å²) in [4.78, 5) is 14.7. The smallest absolute Gasteiger partial charge is 0.226 e.